The number of benzene rings is 2. The van der Waals surface area contributed by atoms with Gasteiger partial charge in [-0.15, -0.1) is 0 Å². The average molecular weight is 400 g/mol. The number of rotatable bonds is 4. The number of aromatic nitrogens is 1. The van der Waals surface area contributed by atoms with Crippen molar-refractivity contribution < 1.29 is 9.18 Å². The van der Waals surface area contributed by atoms with E-state index >= 15 is 0 Å². The first-order valence-electron chi connectivity index (χ1n) is 9.91. The van der Waals surface area contributed by atoms with Gasteiger partial charge in [-0.1, -0.05) is 24.3 Å². The number of pyridine rings is 1. The second-order valence-electron chi connectivity index (χ2n) is 7.35. The molecule has 1 fully saturated rings. The summed E-state index contributed by atoms with van der Waals surface area (Å²) in [4.78, 5) is 19.2. The minimum absolute atomic E-state index is 0.0485. The van der Waals surface area contributed by atoms with Gasteiger partial charge in [-0.2, -0.15) is 5.26 Å². The number of halogens is 1. The van der Waals surface area contributed by atoms with E-state index in [1.54, 1.807) is 24.4 Å². The number of nitrogens with zero attached hydrogens (tertiary/aromatic N) is 3. The Morgan fingerprint density at radius 3 is 2.73 bits per heavy atom. The van der Waals surface area contributed by atoms with Crippen LogP contribution in [0.15, 0.2) is 66.9 Å². The normalized spacial score (nSPS) is 16.0. The van der Waals surface area contributed by atoms with E-state index in [0.717, 1.165) is 30.5 Å². The first-order valence-corrected chi connectivity index (χ1v) is 9.91. The summed E-state index contributed by atoms with van der Waals surface area (Å²) in [6, 6.07) is 19.5. The Labute approximate surface area is 174 Å². The zero-order valence-corrected chi connectivity index (χ0v) is 16.4. The number of carbonyl (C=O) groups excluding carboxylic acids is 1. The fourth-order valence-electron chi connectivity index (χ4n) is 3.78. The first kappa shape index (κ1) is 19.6. The lowest BCUT2D eigenvalue weighted by Gasteiger charge is -2.33. The minimum atomic E-state index is -0.279. The third kappa shape index (κ3) is 4.31. The van der Waals surface area contributed by atoms with Crippen LogP contribution >= 0.6 is 0 Å². The van der Waals surface area contributed by atoms with E-state index in [4.69, 9.17) is 0 Å². The van der Waals surface area contributed by atoms with Gasteiger partial charge in [0, 0.05) is 25.0 Å². The molecule has 6 heteroatoms. The molecule has 0 unspecified atom stereocenters. The average Bonchev–Trinajstić information content (AvgIpc) is 2.79. The van der Waals surface area contributed by atoms with Crippen molar-refractivity contribution in [2.45, 2.75) is 12.8 Å². The van der Waals surface area contributed by atoms with Crippen molar-refractivity contribution >= 4 is 17.4 Å². The molecule has 3 aromatic rings. The van der Waals surface area contributed by atoms with Crippen LogP contribution in [0.2, 0.25) is 0 Å². The molecule has 5 nitrogen and oxygen atoms in total. The quantitative estimate of drug-likeness (QED) is 0.694. The van der Waals surface area contributed by atoms with Crippen LogP contribution in [0, 0.1) is 23.1 Å². The molecule has 0 spiro atoms. The summed E-state index contributed by atoms with van der Waals surface area (Å²) in [5.74, 6) is 0.124. The maximum absolute atomic E-state index is 13.4. The van der Waals surface area contributed by atoms with E-state index < -0.39 is 0 Å². The molecule has 150 valence electrons. The first-order chi connectivity index (χ1) is 14.6. The molecule has 2 heterocycles. The van der Waals surface area contributed by atoms with E-state index in [2.05, 4.69) is 16.4 Å². The van der Waals surface area contributed by atoms with Crippen LogP contribution in [0.4, 0.5) is 15.9 Å². The second-order valence-corrected chi connectivity index (χ2v) is 7.35. The number of hydrogen-bond donors (Lipinski definition) is 1. The van der Waals surface area contributed by atoms with Crippen molar-refractivity contribution in [1.29, 1.82) is 5.26 Å². The molecule has 30 heavy (non-hydrogen) atoms. The van der Waals surface area contributed by atoms with Crippen molar-refractivity contribution in [3.8, 4) is 17.2 Å². The lowest BCUT2D eigenvalue weighted by Crippen LogP contribution is -2.41. The zero-order valence-electron chi connectivity index (χ0n) is 16.4. The fourth-order valence-corrected chi connectivity index (χ4v) is 3.78. The summed E-state index contributed by atoms with van der Waals surface area (Å²) in [6.45, 7) is 1.30. The molecule has 1 atom stereocenters. The van der Waals surface area contributed by atoms with Gasteiger partial charge in [0.1, 0.15) is 17.7 Å². The molecule has 2 aromatic carbocycles. The predicted octanol–water partition coefficient (Wildman–Crippen LogP) is 4.61. The standard InChI is InChI=1S/C24H21FN4O/c25-21-7-1-4-18(14-21)17-8-10-22(11-9-17)28-24(30)20-6-3-13-29(16-20)23-19(15-26)5-2-12-27-23/h1-2,4-5,7-12,14,20H,3,6,13,16H2,(H,28,30)/t20-/m0/s1. The SMILES string of the molecule is N#Cc1cccnc1N1CCC[C@H](C(=O)Nc2ccc(-c3cccc(F)c3)cc2)C1. The summed E-state index contributed by atoms with van der Waals surface area (Å²) in [5.41, 5.74) is 2.90. The Morgan fingerprint density at radius 2 is 1.97 bits per heavy atom. The molecule has 0 aliphatic carbocycles. The number of amides is 1. The van der Waals surface area contributed by atoms with Gasteiger partial charge in [0.25, 0.3) is 0 Å². The smallest absolute Gasteiger partial charge is 0.229 e. The van der Waals surface area contributed by atoms with E-state index in [9.17, 15) is 14.4 Å². The molecule has 1 aliphatic rings. The maximum Gasteiger partial charge on any atom is 0.229 e. The molecule has 1 N–H and O–H groups in total. The van der Waals surface area contributed by atoms with E-state index in [1.165, 1.54) is 12.1 Å². The lowest BCUT2D eigenvalue weighted by molar-refractivity contribution is -0.120. The number of anilines is 2. The third-order valence-electron chi connectivity index (χ3n) is 5.31. The van der Waals surface area contributed by atoms with Crippen molar-refractivity contribution in [1.82, 2.24) is 4.98 Å². The highest BCUT2D eigenvalue weighted by Crippen LogP contribution is 2.26. The van der Waals surface area contributed by atoms with Crippen LogP contribution in [-0.2, 0) is 4.79 Å². The van der Waals surface area contributed by atoms with Crippen molar-refractivity contribution in [3.63, 3.8) is 0 Å². The summed E-state index contributed by atoms with van der Waals surface area (Å²) in [7, 11) is 0. The molecular formula is C24H21FN4O. The highest BCUT2D eigenvalue weighted by Gasteiger charge is 2.27. The van der Waals surface area contributed by atoms with E-state index in [0.29, 0.717) is 23.6 Å². The molecule has 4 rings (SSSR count). The molecule has 1 aromatic heterocycles. The monoisotopic (exact) mass is 400 g/mol. The van der Waals surface area contributed by atoms with Gasteiger partial charge in [0.2, 0.25) is 5.91 Å². The van der Waals surface area contributed by atoms with Crippen LogP contribution in [0.3, 0.4) is 0 Å². The minimum Gasteiger partial charge on any atom is -0.355 e. The zero-order chi connectivity index (χ0) is 20.9. The van der Waals surface area contributed by atoms with Crippen molar-refractivity contribution in [2.24, 2.45) is 5.92 Å². The van der Waals surface area contributed by atoms with E-state index in [1.807, 2.05) is 35.2 Å². The van der Waals surface area contributed by atoms with Gasteiger partial charge in [0.15, 0.2) is 0 Å². The van der Waals surface area contributed by atoms with Gasteiger partial charge in [-0.05, 0) is 60.4 Å². The Hall–Kier alpha value is -3.72. The highest BCUT2D eigenvalue weighted by atomic mass is 19.1. The summed E-state index contributed by atoms with van der Waals surface area (Å²) >= 11 is 0. The van der Waals surface area contributed by atoms with Gasteiger partial charge in [0.05, 0.1) is 11.5 Å². The Kier molecular flexibility index (Phi) is 5.71. The van der Waals surface area contributed by atoms with Crippen LogP contribution in [0.1, 0.15) is 18.4 Å². The molecule has 0 bridgehead atoms. The number of nitrogens with one attached hydrogen (secondary N) is 1. The summed E-state index contributed by atoms with van der Waals surface area (Å²) < 4.78 is 13.4. The molecule has 1 aliphatic heterocycles. The van der Waals surface area contributed by atoms with Crippen molar-refractivity contribution in [3.05, 3.63) is 78.2 Å². The molecule has 1 amide bonds. The number of piperidine rings is 1. The maximum atomic E-state index is 13.4. The van der Waals surface area contributed by atoms with Gasteiger partial charge in [-0.3, -0.25) is 4.79 Å². The molecule has 1 saturated heterocycles. The summed E-state index contributed by atoms with van der Waals surface area (Å²) in [6.07, 6.45) is 3.32. The number of nitriles is 1. The molecule has 0 saturated carbocycles. The number of hydrogen-bond acceptors (Lipinski definition) is 4. The lowest BCUT2D eigenvalue weighted by atomic mass is 9.96. The Bertz CT molecular complexity index is 1090. The third-order valence-corrected chi connectivity index (χ3v) is 5.31. The van der Waals surface area contributed by atoms with E-state index in [-0.39, 0.29) is 17.6 Å². The van der Waals surface area contributed by atoms with Gasteiger partial charge < -0.3 is 10.2 Å². The van der Waals surface area contributed by atoms with Gasteiger partial charge >= 0.3 is 0 Å². The van der Waals surface area contributed by atoms with Crippen LogP contribution < -0.4 is 10.2 Å². The topological polar surface area (TPSA) is 69.0 Å². The molecular weight excluding hydrogens is 379 g/mol. The Balaban J connectivity index is 1.43. The fraction of sp³-hybridized carbons (Fsp3) is 0.208. The number of carbonyl (C=O) groups is 1. The highest BCUT2D eigenvalue weighted by molar-refractivity contribution is 5.93. The van der Waals surface area contributed by atoms with Crippen LogP contribution in [-0.4, -0.2) is 24.0 Å². The Morgan fingerprint density at radius 1 is 1.13 bits per heavy atom. The summed E-state index contributed by atoms with van der Waals surface area (Å²) in [5, 5.41) is 12.3. The predicted molar refractivity (Wildman–Crippen MR) is 114 cm³/mol. The van der Waals surface area contributed by atoms with Crippen LogP contribution in [0.25, 0.3) is 11.1 Å². The van der Waals surface area contributed by atoms with Crippen LogP contribution in [0.5, 0.6) is 0 Å². The largest absolute Gasteiger partial charge is 0.355 e. The molecule has 0 radical (unpaired) electrons. The van der Waals surface area contributed by atoms with Gasteiger partial charge in [-0.25, -0.2) is 9.37 Å². The van der Waals surface area contributed by atoms with Crippen molar-refractivity contribution in [2.75, 3.05) is 23.3 Å². The second kappa shape index (κ2) is 8.75.